The number of anilines is 1. The maximum absolute atomic E-state index is 12.8. The molecule has 0 bridgehead atoms. The minimum Gasteiger partial charge on any atom is -0.506 e. The van der Waals surface area contributed by atoms with E-state index in [4.69, 9.17) is 5.26 Å². The zero-order valence-corrected chi connectivity index (χ0v) is 11.2. The molecule has 0 unspecified atom stereocenters. The number of carbonyl (C=O) groups excluding carboxylic acids is 1. The Bertz CT molecular complexity index is 760. The lowest BCUT2D eigenvalue weighted by atomic mass is 10.1. The van der Waals surface area contributed by atoms with Gasteiger partial charge in [-0.15, -0.1) is 0 Å². The van der Waals surface area contributed by atoms with E-state index in [1.165, 1.54) is 24.3 Å². The highest BCUT2D eigenvalue weighted by atomic mass is 19.1. The van der Waals surface area contributed by atoms with Gasteiger partial charge >= 0.3 is 0 Å². The molecule has 6 heteroatoms. The van der Waals surface area contributed by atoms with Crippen LogP contribution in [0.25, 0.3) is 5.76 Å². The fourth-order valence-electron chi connectivity index (χ4n) is 1.69. The Kier molecular flexibility index (Phi) is 4.49. The molecule has 22 heavy (non-hydrogen) atoms. The number of aliphatic hydroxyl groups is 1. The first kappa shape index (κ1) is 15.2. The van der Waals surface area contributed by atoms with Gasteiger partial charge in [0.2, 0.25) is 0 Å². The molecule has 2 aromatic rings. The first-order valence-electron chi connectivity index (χ1n) is 6.17. The van der Waals surface area contributed by atoms with E-state index in [1.807, 2.05) is 0 Å². The molecule has 0 aliphatic carbocycles. The van der Waals surface area contributed by atoms with Gasteiger partial charge in [0, 0.05) is 11.3 Å². The molecule has 1 amide bonds. The Balaban J connectivity index is 2.28. The second-order valence-electron chi connectivity index (χ2n) is 4.30. The maximum atomic E-state index is 12.8. The van der Waals surface area contributed by atoms with Crippen molar-refractivity contribution in [2.24, 2.45) is 0 Å². The van der Waals surface area contributed by atoms with Crippen LogP contribution in [0.15, 0.2) is 54.1 Å². The van der Waals surface area contributed by atoms with Gasteiger partial charge in [-0.3, -0.25) is 4.79 Å². The number of nitrogens with one attached hydrogen (secondary N) is 1. The van der Waals surface area contributed by atoms with Crippen LogP contribution < -0.4 is 5.32 Å². The molecule has 2 rings (SSSR count). The van der Waals surface area contributed by atoms with E-state index in [-0.39, 0.29) is 11.3 Å². The first-order chi connectivity index (χ1) is 10.5. The lowest BCUT2D eigenvalue weighted by molar-refractivity contribution is -0.112. The van der Waals surface area contributed by atoms with Crippen molar-refractivity contribution in [3.8, 4) is 6.07 Å². The molecular formula is C16H10F2N2O2. The van der Waals surface area contributed by atoms with E-state index < -0.39 is 28.9 Å². The summed E-state index contributed by atoms with van der Waals surface area (Å²) in [6, 6.07) is 11.2. The van der Waals surface area contributed by atoms with Gasteiger partial charge in [-0.2, -0.15) is 5.26 Å². The van der Waals surface area contributed by atoms with Crippen molar-refractivity contribution < 1.29 is 18.7 Å². The third-order valence-corrected chi connectivity index (χ3v) is 2.80. The van der Waals surface area contributed by atoms with Gasteiger partial charge in [0.15, 0.2) is 5.57 Å². The monoisotopic (exact) mass is 300 g/mol. The number of hydrogen-bond donors (Lipinski definition) is 2. The first-order valence-corrected chi connectivity index (χ1v) is 6.17. The number of halogens is 2. The number of rotatable bonds is 3. The van der Waals surface area contributed by atoms with Gasteiger partial charge in [-0.1, -0.05) is 0 Å². The average Bonchev–Trinajstić information content (AvgIpc) is 2.51. The van der Waals surface area contributed by atoms with Gasteiger partial charge in [0.1, 0.15) is 23.5 Å². The second kappa shape index (κ2) is 6.50. The van der Waals surface area contributed by atoms with Crippen molar-refractivity contribution in [2.45, 2.75) is 0 Å². The Morgan fingerprint density at radius 3 is 2.00 bits per heavy atom. The molecule has 4 nitrogen and oxygen atoms in total. The minimum absolute atomic E-state index is 0.132. The molecule has 2 aromatic carbocycles. The highest BCUT2D eigenvalue weighted by Gasteiger charge is 2.16. The van der Waals surface area contributed by atoms with E-state index in [1.54, 1.807) is 6.07 Å². The van der Waals surface area contributed by atoms with Crippen LogP contribution in [0.5, 0.6) is 0 Å². The molecule has 0 atom stereocenters. The summed E-state index contributed by atoms with van der Waals surface area (Å²) in [6.07, 6.45) is 0. The van der Waals surface area contributed by atoms with Gasteiger partial charge in [-0.25, -0.2) is 8.78 Å². The van der Waals surface area contributed by atoms with Crippen LogP contribution in [0.2, 0.25) is 0 Å². The summed E-state index contributed by atoms with van der Waals surface area (Å²) in [4.78, 5) is 12.0. The Labute approximate surface area is 124 Å². The zero-order valence-electron chi connectivity index (χ0n) is 11.2. The van der Waals surface area contributed by atoms with E-state index in [9.17, 15) is 18.7 Å². The highest BCUT2D eigenvalue weighted by Crippen LogP contribution is 2.18. The summed E-state index contributed by atoms with van der Waals surface area (Å²) in [7, 11) is 0. The number of hydrogen-bond acceptors (Lipinski definition) is 3. The molecular weight excluding hydrogens is 290 g/mol. The summed E-state index contributed by atoms with van der Waals surface area (Å²) >= 11 is 0. The number of nitriles is 1. The largest absolute Gasteiger partial charge is 0.506 e. The van der Waals surface area contributed by atoms with Crippen LogP contribution in [0, 0.1) is 23.0 Å². The summed E-state index contributed by atoms with van der Waals surface area (Å²) in [6.45, 7) is 0. The highest BCUT2D eigenvalue weighted by molar-refractivity contribution is 6.10. The smallest absolute Gasteiger partial charge is 0.270 e. The molecule has 0 saturated carbocycles. The van der Waals surface area contributed by atoms with Crippen LogP contribution >= 0.6 is 0 Å². The lowest BCUT2D eigenvalue weighted by Gasteiger charge is -2.06. The van der Waals surface area contributed by atoms with Crippen molar-refractivity contribution >= 4 is 17.4 Å². The van der Waals surface area contributed by atoms with Gasteiger partial charge in [-0.05, 0) is 48.5 Å². The van der Waals surface area contributed by atoms with E-state index in [2.05, 4.69) is 5.32 Å². The topological polar surface area (TPSA) is 73.1 Å². The van der Waals surface area contributed by atoms with Crippen LogP contribution in [-0.2, 0) is 4.79 Å². The molecule has 2 N–H and O–H groups in total. The molecule has 0 aliphatic rings. The number of nitrogens with zero attached hydrogens (tertiary/aromatic N) is 1. The molecule has 0 spiro atoms. The predicted octanol–water partition coefficient (Wildman–Crippen LogP) is 3.40. The van der Waals surface area contributed by atoms with Crippen LogP contribution in [0.3, 0.4) is 0 Å². The minimum atomic E-state index is -0.851. The molecule has 0 saturated heterocycles. The van der Waals surface area contributed by atoms with E-state index in [0.717, 1.165) is 24.3 Å². The van der Waals surface area contributed by atoms with E-state index in [0.29, 0.717) is 0 Å². The van der Waals surface area contributed by atoms with Gasteiger partial charge in [0.25, 0.3) is 5.91 Å². The molecule has 0 heterocycles. The average molecular weight is 300 g/mol. The molecule has 0 aliphatic heterocycles. The standard InChI is InChI=1S/C16H10F2N2O2/c17-11-3-1-10(2-4-11)15(21)14(9-19)16(22)20-13-7-5-12(18)6-8-13/h1-8,21H,(H,20,22)/b15-14-. The zero-order chi connectivity index (χ0) is 16.1. The summed E-state index contributed by atoms with van der Waals surface area (Å²) in [5, 5.41) is 21.4. The van der Waals surface area contributed by atoms with Gasteiger partial charge in [0.05, 0.1) is 0 Å². The Morgan fingerprint density at radius 1 is 1.00 bits per heavy atom. The third-order valence-electron chi connectivity index (χ3n) is 2.80. The van der Waals surface area contributed by atoms with Crippen molar-refractivity contribution in [3.05, 3.63) is 71.3 Å². The predicted molar refractivity (Wildman–Crippen MR) is 76.6 cm³/mol. The van der Waals surface area contributed by atoms with Crippen molar-refractivity contribution in [2.75, 3.05) is 5.32 Å². The molecule has 0 fully saturated rings. The number of benzene rings is 2. The maximum Gasteiger partial charge on any atom is 0.270 e. The van der Waals surface area contributed by atoms with Gasteiger partial charge < -0.3 is 10.4 Å². The molecule has 0 aromatic heterocycles. The van der Waals surface area contributed by atoms with Crippen molar-refractivity contribution in [1.29, 1.82) is 5.26 Å². The fourth-order valence-corrected chi connectivity index (χ4v) is 1.69. The van der Waals surface area contributed by atoms with Crippen LogP contribution in [-0.4, -0.2) is 11.0 Å². The Hall–Kier alpha value is -3.20. The van der Waals surface area contributed by atoms with E-state index >= 15 is 0 Å². The molecule has 110 valence electrons. The van der Waals surface area contributed by atoms with Crippen molar-refractivity contribution in [3.63, 3.8) is 0 Å². The number of amides is 1. The fraction of sp³-hybridized carbons (Fsp3) is 0. The third kappa shape index (κ3) is 3.46. The summed E-state index contributed by atoms with van der Waals surface area (Å²) in [5.41, 5.74) is -0.130. The normalized spacial score (nSPS) is 11.3. The number of carbonyl (C=O) groups is 1. The van der Waals surface area contributed by atoms with Crippen LogP contribution in [0.1, 0.15) is 5.56 Å². The Morgan fingerprint density at radius 2 is 1.50 bits per heavy atom. The van der Waals surface area contributed by atoms with Crippen LogP contribution in [0.4, 0.5) is 14.5 Å². The second-order valence-corrected chi connectivity index (χ2v) is 4.30. The SMILES string of the molecule is N#C/C(C(=O)Nc1ccc(F)cc1)=C(/O)c1ccc(F)cc1. The quantitative estimate of drug-likeness (QED) is 0.518. The van der Waals surface area contributed by atoms with Crippen molar-refractivity contribution in [1.82, 2.24) is 0 Å². The summed E-state index contributed by atoms with van der Waals surface area (Å²) in [5.74, 6) is -2.40. The summed E-state index contributed by atoms with van der Waals surface area (Å²) < 4.78 is 25.6. The lowest BCUT2D eigenvalue weighted by Crippen LogP contribution is -2.15. The molecule has 0 radical (unpaired) electrons. The number of aliphatic hydroxyl groups excluding tert-OH is 1.